The van der Waals surface area contributed by atoms with Crippen LogP contribution in [0.2, 0.25) is 0 Å². The summed E-state index contributed by atoms with van der Waals surface area (Å²) in [6.07, 6.45) is 0. The molecule has 3 rings (SSSR count). The molecule has 0 N–H and O–H groups in total. The zero-order valence-corrected chi connectivity index (χ0v) is 14.7. The molecule has 0 spiro atoms. The molecule has 21 heavy (non-hydrogen) atoms. The van der Waals surface area contributed by atoms with Gasteiger partial charge in [-0.05, 0) is 54.4 Å². The standard InChI is InChI=1S/C15H16BrClN4/c1-8-5-6-11(16)12(7-8)21-14(9(2)17)18-13-10(3)19-20(4)15(13)21/h5-7,9H,1-4H3. The van der Waals surface area contributed by atoms with Gasteiger partial charge >= 0.3 is 0 Å². The first-order valence-corrected chi connectivity index (χ1v) is 7.95. The van der Waals surface area contributed by atoms with E-state index >= 15 is 0 Å². The fraction of sp³-hybridized carbons (Fsp3) is 0.333. The zero-order chi connectivity index (χ0) is 15.3. The van der Waals surface area contributed by atoms with Gasteiger partial charge in [0.1, 0.15) is 11.3 Å². The van der Waals surface area contributed by atoms with Gasteiger partial charge in [0.2, 0.25) is 0 Å². The van der Waals surface area contributed by atoms with Crippen LogP contribution in [0.25, 0.3) is 16.9 Å². The number of rotatable bonds is 2. The Morgan fingerprint density at radius 2 is 2.00 bits per heavy atom. The van der Waals surface area contributed by atoms with Gasteiger partial charge in [-0.2, -0.15) is 5.10 Å². The van der Waals surface area contributed by atoms with Crippen LogP contribution >= 0.6 is 27.5 Å². The molecule has 0 bridgehead atoms. The highest BCUT2D eigenvalue weighted by Gasteiger charge is 2.22. The fourth-order valence-electron chi connectivity index (χ4n) is 2.59. The number of aromatic nitrogens is 4. The van der Waals surface area contributed by atoms with E-state index in [4.69, 9.17) is 16.6 Å². The van der Waals surface area contributed by atoms with E-state index in [1.807, 2.05) is 31.6 Å². The number of aryl methyl sites for hydroxylation is 3. The Bertz CT molecular complexity index is 832. The highest BCUT2D eigenvalue weighted by molar-refractivity contribution is 9.10. The predicted octanol–water partition coefficient (Wildman–Crippen LogP) is 4.44. The van der Waals surface area contributed by atoms with E-state index < -0.39 is 0 Å². The summed E-state index contributed by atoms with van der Waals surface area (Å²) in [5, 5.41) is 4.27. The third-order valence-electron chi connectivity index (χ3n) is 3.53. The number of imidazole rings is 1. The lowest BCUT2D eigenvalue weighted by molar-refractivity contribution is 0.747. The van der Waals surface area contributed by atoms with Crippen molar-refractivity contribution in [3.05, 3.63) is 39.8 Å². The first-order chi connectivity index (χ1) is 9.90. The number of alkyl halides is 1. The third-order valence-corrected chi connectivity index (χ3v) is 4.39. The van der Waals surface area contributed by atoms with Crippen molar-refractivity contribution in [2.24, 2.45) is 7.05 Å². The summed E-state index contributed by atoms with van der Waals surface area (Å²) >= 11 is 9.99. The zero-order valence-electron chi connectivity index (χ0n) is 12.4. The molecule has 2 aromatic heterocycles. The minimum Gasteiger partial charge on any atom is -0.278 e. The Balaban J connectivity index is 2.44. The molecule has 0 aliphatic carbocycles. The molecule has 2 heterocycles. The number of benzene rings is 1. The average molecular weight is 368 g/mol. The van der Waals surface area contributed by atoms with Crippen molar-refractivity contribution >= 4 is 38.7 Å². The first-order valence-electron chi connectivity index (χ1n) is 6.72. The quantitative estimate of drug-likeness (QED) is 0.628. The van der Waals surface area contributed by atoms with Crippen molar-refractivity contribution in [2.75, 3.05) is 0 Å². The van der Waals surface area contributed by atoms with Crippen molar-refractivity contribution in [3.8, 4) is 5.69 Å². The van der Waals surface area contributed by atoms with Crippen LogP contribution in [0.15, 0.2) is 22.7 Å². The van der Waals surface area contributed by atoms with Crippen molar-refractivity contribution in [1.29, 1.82) is 0 Å². The minimum atomic E-state index is -0.191. The summed E-state index contributed by atoms with van der Waals surface area (Å²) in [6.45, 7) is 5.97. The maximum absolute atomic E-state index is 6.36. The molecule has 0 saturated carbocycles. The number of hydrogen-bond acceptors (Lipinski definition) is 2. The summed E-state index contributed by atoms with van der Waals surface area (Å²) in [7, 11) is 1.93. The van der Waals surface area contributed by atoms with E-state index in [-0.39, 0.29) is 5.38 Å². The Hall–Kier alpha value is -1.33. The number of fused-ring (bicyclic) bond motifs is 1. The molecule has 0 aliphatic rings. The normalized spacial score (nSPS) is 13.0. The maximum atomic E-state index is 6.36. The minimum absolute atomic E-state index is 0.191. The van der Waals surface area contributed by atoms with Crippen LogP contribution in [-0.4, -0.2) is 19.3 Å². The second kappa shape index (κ2) is 5.14. The van der Waals surface area contributed by atoms with Crippen molar-refractivity contribution in [2.45, 2.75) is 26.1 Å². The number of halogens is 2. The summed E-state index contributed by atoms with van der Waals surface area (Å²) in [5.41, 5.74) is 4.98. The van der Waals surface area contributed by atoms with E-state index in [2.05, 4.69) is 44.7 Å². The average Bonchev–Trinajstić information content (AvgIpc) is 2.92. The van der Waals surface area contributed by atoms with Gasteiger partial charge in [-0.25, -0.2) is 9.67 Å². The topological polar surface area (TPSA) is 35.6 Å². The predicted molar refractivity (Wildman–Crippen MR) is 89.3 cm³/mol. The smallest absolute Gasteiger partial charge is 0.163 e. The molecule has 1 atom stereocenters. The molecule has 0 amide bonds. The lowest BCUT2D eigenvalue weighted by Crippen LogP contribution is -2.07. The van der Waals surface area contributed by atoms with Crippen LogP contribution in [0.3, 0.4) is 0 Å². The van der Waals surface area contributed by atoms with Crippen LogP contribution in [0.5, 0.6) is 0 Å². The summed E-state index contributed by atoms with van der Waals surface area (Å²) in [4.78, 5) is 4.71. The molecule has 0 radical (unpaired) electrons. The van der Waals surface area contributed by atoms with E-state index in [1.165, 1.54) is 5.56 Å². The largest absolute Gasteiger partial charge is 0.278 e. The number of nitrogens with zero attached hydrogens (tertiary/aromatic N) is 4. The second-order valence-corrected chi connectivity index (χ2v) is 6.77. The molecular weight excluding hydrogens is 352 g/mol. The lowest BCUT2D eigenvalue weighted by atomic mass is 10.2. The molecule has 110 valence electrons. The Labute approximate surface area is 136 Å². The first kappa shape index (κ1) is 14.6. The van der Waals surface area contributed by atoms with Crippen LogP contribution in [-0.2, 0) is 7.05 Å². The molecule has 0 aliphatic heterocycles. The van der Waals surface area contributed by atoms with E-state index in [0.717, 1.165) is 32.8 Å². The van der Waals surface area contributed by atoms with Crippen molar-refractivity contribution in [1.82, 2.24) is 19.3 Å². The van der Waals surface area contributed by atoms with Crippen LogP contribution in [0.1, 0.15) is 29.4 Å². The lowest BCUT2D eigenvalue weighted by Gasteiger charge is -2.13. The molecule has 3 aromatic rings. The molecule has 1 unspecified atom stereocenters. The van der Waals surface area contributed by atoms with Gasteiger partial charge < -0.3 is 0 Å². The molecule has 0 fully saturated rings. The van der Waals surface area contributed by atoms with Crippen molar-refractivity contribution in [3.63, 3.8) is 0 Å². The highest BCUT2D eigenvalue weighted by atomic mass is 79.9. The van der Waals surface area contributed by atoms with E-state index in [1.54, 1.807) is 0 Å². The van der Waals surface area contributed by atoms with E-state index in [0.29, 0.717) is 0 Å². The van der Waals surface area contributed by atoms with Gasteiger partial charge in [-0.15, -0.1) is 11.6 Å². The Kier molecular flexibility index (Phi) is 3.58. The van der Waals surface area contributed by atoms with Crippen LogP contribution in [0, 0.1) is 13.8 Å². The van der Waals surface area contributed by atoms with Gasteiger partial charge in [-0.1, -0.05) is 6.07 Å². The second-order valence-electron chi connectivity index (χ2n) is 5.26. The Morgan fingerprint density at radius 3 is 2.67 bits per heavy atom. The summed E-state index contributed by atoms with van der Waals surface area (Å²) in [6, 6.07) is 6.23. The number of hydrogen-bond donors (Lipinski definition) is 0. The van der Waals surface area contributed by atoms with Crippen LogP contribution in [0.4, 0.5) is 0 Å². The van der Waals surface area contributed by atoms with Crippen LogP contribution < -0.4 is 0 Å². The monoisotopic (exact) mass is 366 g/mol. The SMILES string of the molecule is Cc1ccc(Br)c(-n2c(C(C)Cl)nc3c(C)nn(C)c32)c1. The molecule has 0 saturated heterocycles. The fourth-order valence-corrected chi connectivity index (χ4v) is 3.16. The van der Waals surface area contributed by atoms with Gasteiger partial charge in [0, 0.05) is 11.5 Å². The van der Waals surface area contributed by atoms with Gasteiger partial charge in [0.25, 0.3) is 0 Å². The summed E-state index contributed by atoms with van der Waals surface area (Å²) in [5.74, 6) is 0.828. The van der Waals surface area contributed by atoms with Crippen molar-refractivity contribution < 1.29 is 0 Å². The molecule has 6 heteroatoms. The van der Waals surface area contributed by atoms with Gasteiger partial charge in [-0.3, -0.25) is 4.57 Å². The van der Waals surface area contributed by atoms with E-state index in [9.17, 15) is 0 Å². The third kappa shape index (κ3) is 2.28. The van der Waals surface area contributed by atoms with Gasteiger partial charge in [0.05, 0.1) is 16.8 Å². The molecule has 4 nitrogen and oxygen atoms in total. The highest BCUT2D eigenvalue weighted by Crippen LogP contribution is 2.32. The maximum Gasteiger partial charge on any atom is 0.163 e. The molecule has 1 aromatic carbocycles. The van der Waals surface area contributed by atoms with Gasteiger partial charge in [0.15, 0.2) is 5.65 Å². The molecular formula is C15H16BrClN4. The Morgan fingerprint density at radius 1 is 1.29 bits per heavy atom. The summed E-state index contributed by atoms with van der Waals surface area (Å²) < 4.78 is 4.95.